The van der Waals surface area contributed by atoms with Gasteiger partial charge in [0.2, 0.25) is 0 Å². The van der Waals surface area contributed by atoms with Crippen molar-refractivity contribution >= 4 is 11.9 Å². The highest BCUT2D eigenvalue weighted by Gasteiger charge is 2.49. The second-order valence-corrected chi connectivity index (χ2v) is 6.56. The number of β-amino-alcohol motifs (C(OH)–C–C–N with tert-alkyl or cyclic N) is 1. The zero-order valence-electron chi connectivity index (χ0n) is 13.7. The van der Waals surface area contributed by atoms with Crippen LogP contribution in [0, 0.1) is 5.41 Å². The van der Waals surface area contributed by atoms with Crippen molar-refractivity contribution in [3.63, 3.8) is 0 Å². The maximum atomic E-state index is 12.7. The van der Waals surface area contributed by atoms with E-state index in [4.69, 9.17) is 4.74 Å². The van der Waals surface area contributed by atoms with Crippen molar-refractivity contribution in [1.82, 2.24) is 15.1 Å². The molecular formula is C16H23N3O5. The van der Waals surface area contributed by atoms with Gasteiger partial charge in [-0.3, -0.25) is 14.7 Å². The van der Waals surface area contributed by atoms with Crippen LogP contribution in [0.5, 0.6) is 0 Å². The first-order chi connectivity index (χ1) is 11.5. The quantitative estimate of drug-likeness (QED) is 0.739. The Morgan fingerprint density at radius 1 is 1.50 bits per heavy atom. The molecule has 8 nitrogen and oxygen atoms in total. The third-order valence-corrected chi connectivity index (χ3v) is 5.17. The van der Waals surface area contributed by atoms with Gasteiger partial charge in [-0.05, 0) is 12.8 Å². The van der Waals surface area contributed by atoms with E-state index in [0.717, 1.165) is 11.3 Å². The largest absolute Gasteiger partial charge is 0.481 e. The zero-order chi connectivity index (χ0) is 17.3. The van der Waals surface area contributed by atoms with E-state index < -0.39 is 17.5 Å². The summed E-state index contributed by atoms with van der Waals surface area (Å²) in [6.07, 6.45) is 0.917. The monoisotopic (exact) mass is 337 g/mol. The number of carboxylic acids is 1. The van der Waals surface area contributed by atoms with Gasteiger partial charge in [0.05, 0.1) is 24.7 Å². The number of carbonyl (C=O) groups is 2. The van der Waals surface area contributed by atoms with Crippen molar-refractivity contribution in [2.45, 2.75) is 45.3 Å². The summed E-state index contributed by atoms with van der Waals surface area (Å²) in [5.74, 6) is -1.28. The zero-order valence-corrected chi connectivity index (χ0v) is 13.7. The lowest BCUT2D eigenvalue weighted by Crippen LogP contribution is -2.56. The smallest absolute Gasteiger partial charge is 0.312 e. The molecule has 0 unspecified atom stereocenters. The molecule has 1 amide bonds. The number of H-pyrrole nitrogens is 1. The van der Waals surface area contributed by atoms with Crippen LogP contribution in [0.4, 0.5) is 0 Å². The molecule has 0 saturated carbocycles. The van der Waals surface area contributed by atoms with Crippen LogP contribution in [0.15, 0.2) is 0 Å². The van der Waals surface area contributed by atoms with Crippen molar-refractivity contribution in [1.29, 1.82) is 0 Å². The molecule has 0 aliphatic carbocycles. The Hall–Kier alpha value is -1.93. The van der Waals surface area contributed by atoms with Gasteiger partial charge in [0, 0.05) is 30.8 Å². The standard InChI is InChI=1S/C16H23N3O5/c1-2-4-16(15(22)23)5-6-19(8-12(16)20)14(21)13-10-9-24-7-3-11(10)17-18-13/h12,20H,2-9H2,1H3,(H,17,18)(H,22,23)/t12-,16-/m0/s1. The van der Waals surface area contributed by atoms with Crippen LogP contribution in [0.1, 0.15) is 47.9 Å². The fourth-order valence-corrected chi connectivity index (χ4v) is 3.69. The van der Waals surface area contributed by atoms with Gasteiger partial charge in [0.15, 0.2) is 5.69 Å². The van der Waals surface area contributed by atoms with E-state index in [1.54, 1.807) is 0 Å². The number of aromatic amines is 1. The summed E-state index contributed by atoms with van der Waals surface area (Å²) >= 11 is 0. The number of piperidine rings is 1. The van der Waals surface area contributed by atoms with Gasteiger partial charge in [0.25, 0.3) is 5.91 Å². The predicted octanol–water partition coefficient (Wildman–Crippen LogP) is 0.560. The molecule has 2 atom stereocenters. The second kappa shape index (κ2) is 6.52. The molecule has 1 saturated heterocycles. The van der Waals surface area contributed by atoms with Gasteiger partial charge in [-0.25, -0.2) is 0 Å². The maximum Gasteiger partial charge on any atom is 0.312 e. The van der Waals surface area contributed by atoms with Crippen LogP contribution in [0.2, 0.25) is 0 Å². The van der Waals surface area contributed by atoms with E-state index >= 15 is 0 Å². The molecule has 24 heavy (non-hydrogen) atoms. The molecule has 2 aliphatic rings. The van der Waals surface area contributed by atoms with Gasteiger partial charge >= 0.3 is 5.97 Å². The topological polar surface area (TPSA) is 116 Å². The Morgan fingerprint density at radius 3 is 2.96 bits per heavy atom. The molecule has 3 N–H and O–H groups in total. The number of fused-ring (bicyclic) bond motifs is 1. The normalized spacial score (nSPS) is 26.9. The first-order valence-corrected chi connectivity index (χ1v) is 8.34. The van der Waals surface area contributed by atoms with Crippen molar-refractivity contribution in [3.8, 4) is 0 Å². The Kier molecular flexibility index (Phi) is 4.60. The number of aliphatic carboxylic acids is 1. The van der Waals surface area contributed by atoms with E-state index in [0.29, 0.717) is 44.7 Å². The minimum Gasteiger partial charge on any atom is -0.481 e. The lowest BCUT2D eigenvalue weighted by Gasteiger charge is -2.42. The SMILES string of the molecule is CCC[C@]1(C(=O)O)CCN(C(=O)c2n[nH]c3c2COCC3)C[C@@H]1O. The number of carbonyl (C=O) groups excluding carboxylic acids is 1. The highest BCUT2D eigenvalue weighted by Crippen LogP contribution is 2.37. The summed E-state index contributed by atoms with van der Waals surface area (Å²) < 4.78 is 5.39. The number of ether oxygens (including phenoxy) is 1. The van der Waals surface area contributed by atoms with Crippen LogP contribution in [0.3, 0.4) is 0 Å². The highest BCUT2D eigenvalue weighted by atomic mass is 16.5. The van der Waals surface area contributed by atoms with Crippen LogP contribution in [-0.4, -0.2) is 63.0 Å². The molecule has 132 valence electrons. The summed E-state index contributed by atoms with van der Waals surface area (Å²) in [6.45, 7) is 3.14. The number of nitrogens with zero attached hydrogens (tertiary/aromatic N) is 2. The molecule has 3 heterocycles. The summed E-state index contributed by atoms with van der Waals surface area (Å²) in [7, 11) is 0. The van der Waals surface area contributed by atoms with Gasteiger partial charge in [-0.2, -0.15) is 5.10 Å². The van der Waals surface area contributed by atoms with E-state index in [2.05, 4.69) is 10.2 Å². The number of aliphatic hydroxyl groups excluding tert-OH is 1. The summed E-state index contributed by atoms with van der Waals surface area (Å²) in [5, 5.41) is 27.0. The van der Waals surface area contributed by atoms with Gasteiger partial charge in [-0.1, -0.05) is 13.3 Å². The number of aliphatic hydroxyl groups is 1. The fourth-order valence-electron chi connectivity index (χ4n) is 3.69. The molecule has 8 heteroatoms. The van der Waals surface area contributed by atoms with Crippen LogP contribution in [0.25, 0.3) is 0 Å². The molecule has 1 fully saturated rings. The number of nitrogens with one attached hydrogen (secondary N) is 1. The average molecular weight is 337 g/mol. The Labute approximate surface area is 139 Å². The summed E-state index contributed by atoms with van der Waals surface area (Å²) in [6, 6.07) is 0. The predicted molar refractivity (Wildman–Crippen MR) is 83.5 cm³/mol. The molecule has 0 aromatic carbocycles. The Bertz CT molecular complexity index is 644. The molecule has 2 aliphatic heterocycles. The van der Waals surface area contributed by atoms with Crippen LogP contribution in [-0.2, 0) is 22.6 Å². The van der Waals surface area contributed by atoms with Crippen molar-refractivity contribution in [2.24, 2.45) is 5.41 Å². The minimum absolute atomic E-state index is 0.00756. The van der Waals surface area contributed by atoms with E-state index in [1.165, 1.54) is 4.90 Å². The number of likely N-dealkylation sites (tertiary alicyclic amines) is 1. The second-order valence-electron chi connectivity index (χ2n) is 6.56. The first-order valence-electron chi connectivity index (χ1n) is 8.34. The van der Waals surface area contributed by atoms with Gasteiger partial charge in [-0.15, -0.1) is 0 Å². The molecule has 0 radical (unpaired) electrons. The number of aromatic nitrogens is 2. The van der Waals surface area contributed by atoms with Gasteiger partial charge < -0.3 is 19.8 Å². The third-order valence-electron chi connectivity index (χ3n) is 5.17. The van der Waals surface area contributed by atoms with Crippen LogP contribution >= 0.6 is 0 Å². The average Bonchev–Trinajstić information content (AvgIpc) is 3.00. The summed E-state index contributed by atoms with van der Waals surface area (Å²) in [5.41, 5.74) is 0.826. The fraction of sp³-hybridized carbons (Fsp3) is 0.688. The molecule has 0 bridgehead atoms. The Balaban J connectivity index is 1.77. The van der Waals surface area contributed by atoms with Crippen molar-refractivity contribution < 1.29 is 24.5 Å². The third kappa shape index (κ3) is 2.69. The highest BCUT2D eigenvalue weighted by molar-refractivity contribution is 5.94. The summed E-state index contributed by atoms with van der Waals surface area (Å²) in [4.78, 5) is 25.9. The first kappa shape index (κ1) is 16.9. The minimum atomic E-state index is -1.17. The molecule has 0 spiro atoms. The van der Waals surface area contributed by atoms with E-state index in [1.807, 2.05) is 6.92 Å². The molecule has 3 rings (SSSR count). The van der Waals surface area contributed by atoms with Crippen molar-refractivity contribution in [3.05, 3.63) is 17.0 Å². The van der Waals surface area contributed by atoms with Crippen LogP contribution < -0.4 is 0 Å². The number of hydrogen-bond acceptors (Lipinski definition) is 5. The lowest BCUT2D eigenvalue weighted by atomic mass is 9.72. The number of rotatable bonds is 4. The molecule has 1 aromatic rings. The lowest BCUT2D eigenvalue weighted by molar-refractivity contribution is -0.162. The van der Waals surface area contributed by atoms with Gasteiger partial charge in [0.1, 0.15) is 0 Å². The van der Waals surface area contributed by atoms with E-state index in [-0.39, 0.29) is 18.9 Å². The Morgan fingerprint density at radius 2 is 2.29 bits per heavy atom. The number of hydrogen-bond donors (Lipinski definition) is 3. The van der Waals surface area contributed by atoms with Crippen molar-refractivity contribution in [2.75, 3.05) is 19.7 Å². The number of amides is 1. The molecule has 1 aromatic heterocycles. The van der Waals surface area contributed by atoms with E-state index in [9.17, 15) is 19.8 Å². The number of carboxylic acid groups (broad SMARTS) is 1. The maximum absolute atomic E-state index is 12.7. The molecular weight excluding hydrogens is 314 g/mol.